The van der Waals surface area contributed by atoms with Crippen LogP contribution in [0.15, 0.2) is 24.5 Å². The number of hydrogen-bond donors (Lipinski definition) is 2. The van der Waals surface area contributed by atoms with E-state index in [4.69, 9.17) is 15.2 Å². The van der Waals surface area contributed by atoms with Gasteiger partial charge in [-0.2, -0.15) is 0 Å². The molecule has 24 heavy (non-hydrogen) atoms. The first-order chi connectivity index (χ1) is 11.7. The van der Waals surface area contributed by atoms with Gasteiger partial charge in [-0.15, -0.1) is 0 Å². The first-order valence-electron chi connectivity index (χ1n) is 8.26. The van der Waals surface area contributed by atoms with Crippen LogP contribution in [0.25, 0.3) is 11.0 Å². The summed E-state index contributed by atoms with van der Waals surface area (Å²) in [5.74, 6) is 0.667. The molecule has 0 spiro atoms. The van der Waals surface area contributed by atoms with E-state index in [1.807, 2.05) is 0 Å². The van der Waals surface area contributed by atoms with Gasteiger partial charge in [-0.1, -0.05) is 0 Å². The Hall–Kier alpha value is -2.57. The van der Waals surface area contributed by atoms with E-state index in [0.29, 0.717) is 18.0 Å². The minimum Gasteiger partial charge on any atom is -0.488 e. The fourth-order valence-electron chi connectivity index (χ4n) is 3.00. The minimum absolute atomic E-state index is 0.0808. The van der Waals surface area contributed by atoms with E-state index in [0.717, 1.165) is 36.7 Å². The Kier molecular flexibility index (Phi) is 4.98. The molecule has 1 heterocycles. The molecule has 1 fully saturated rings. The maximum Gasteiger partial charge on any atom is 0.407 e. The summed E-state index contributed by atoms with van der Waals surface area (Å²) >= 11 is 0. The van der Waals surface area contributed by atoms with Gasteiger partial charge in [0.1, 0.15) is 11.3 Å². The number of anilines is 1. The van der Waals surface area contributed by atoms with E-state index in [-0.39, 0.29) is 18.2 Å². The summed E-state index contributed by atoms with van der Waals surface area (Å²) in [4.78, 5) is 20.1. The topological polar surface area (TPSA) is 99.4 Å². The van der Waals surface area contributed by atoms with Crippen molar-refractivity contribution >= 4 is 22.8 Å². The Morgan fingerprint density at radius 1 is 1.25 bits per heavy atom. The highest BCUT2D eigenvalue weighted by Crippen LogP contribution is 2.30. The smallest absolute Gasteiger partial charge is 0.407 e. The Balaban J connectivity index is 1.61. The predicted octanol–water partition coefficient (Wildman–Crippen LogP) is 2.65. The van der Waals surface area contributed by atoms with Crippen molar-refractivity contribution in [1.82, 2.24) is 15.3 Å². The molecule has 1 aromatic carbocycles. The zero-order valence-electron chi connectivity index (χ0n) is 13.7. The van der Waals surface area contributed by atoms with E-state index in [2.05, 4.69) is 15.3 Å². The fraction of sp³-hybridized carbons (Fsp3) is 0.471. The van der Waals surface area contributed by atoms with Gasteiger partial charge < -0.3 is 20.5 Å². The van der Waals surface area contributed by atoms with Gasteiger partial charge >= 0.3 is 6.09 Å². The zero-order valence-corrected chi connectivity index (χ0v) is 13.7. The van der Waals surface area contributed by atoms with Crippen LogP contribution in [0.1, 0.15) is 32.6 Å². The molecule has 2 aromatic rings. The van der Waals surface area contributed by atoms with Gasteiger partial charge in [0.25, 0.3) is 0 Å². The van der Waals surface area contributed by atoms with Gasteiger partial charge in [0, 0.05) is 30.2 Å². The lowest BCUT2D eigenvalue weighted by atomic mass is 9.93. The Labute approximate surface area is 140 Å². The van der Waals surface area contributed by atoms with E-state index in [1.165, 1.54) is 0 Å². The van der Waals surface area contributed by atoms with Gasteiger partial charge in [-0.3, -0.25) is 4.98 Å². The Morgan fingerprint density at radius 3 is 2.75 bits per heavy atom. The third-order valence-electron chi connectivity index (χ3n) is 4.13. The number of amides is 1. The maximum absolute atomic E-state index is 11.5. The fourth-order valence-corrected chi connectivity index (χ4v) is 3.00. The Morgan fingerprint density at radius 2 is 2.00 bits per heavy atom. The molecule has 128 valence electrons. The monoisotopic (exact) mass is 330 g/mol. The number of fused-ring (bicyclic) bond motifs is 1. The van der Waals surface area contributed by atoms with Gasteiger partial charge in [0.05, 0.1) is 18.2 Å². The molecular weight excluding hydrogens is 308 g/mol. The van der Waals surface area contributed by atoms with Crippen LogP contribution in [0.4, 0.5) is 10.5 Å². The van der Waals surface area contributed by atoms with Gasteiger partial charge in [0.15, 0.2) is 0 Å². The summed E-state index contributed by atoms with van der Waals surface area (Å²) < 4.78 is 11.0. The van der Waals surface area contributed by atoms with Crippen molar-refractivity contribution < 1.29 is 14.3 Å². The quantitative estimate of drug-likeness (QED) is 0.836. The second kappa shape index (κ2) is 7.33. The molecule has 0 atom stereocenters. The summed E-state index contributed by atoms with van der Waals surface area (Å²) in [6.45, 7) is 2.18. The lowest BCUT2D eigenvalue weighted by molar-refractivity contribution is 0.123. The number of rotatable bonds is 4. The normalized spacial score (nSPS) is 20.5. The highest BCUT2D eigenvalue weighted by atomic mass is 16.5. The maximum atomic E-state index is 11.5. The number of aromatic nitrogens is 2. The first kappa shape index (κ1) is 16.3. The number of nitrogens with zero attached hydrogens (tertiary/aromatic N) is 2. The standard InChI is InChI=1S/C17H22N4O3/c1-2-23-17(22)21-12-3-5-13(6-4-12)24-15-10-11(18)9-14-16(15)20-8-7-19-14/h7-10,12-13H,2-6,18H2,1H3,(H,21,22). The van der Waals surface area contributed by atoms with Crippen molar-refractivity contribution in [1.29, 1.82) is 0 Å². The van der Waals surface area contributed by atoms with Gasteiger partial charge in [-0.05, 0) is 38.7 Å². The van der Waals surface area contributed by atoms with Crippen LogP contribution in [-0.2, 0) is 4.74 Å². The van der Waals surface area contributed by atoms with E-state index < -0.39 is 0 Å². The molecule has 3 N–H and O–H groups in total. The average Bonchev–Trinajstić information content (AvgIpc) is 2.57. The lowest BCUT2D eigenvalue weighted by Crippen LogP contribution is -2.40. The van der Waals surface area contributed by atoms with Crippen molar-refractivity contribution in [3.05, 3.63) is 24.5 Å². The summed E-state index contributed by atoms with van der Waals surface area (Å²) in [6.07, 6.45) is 6.44. The van der Waals surface area contributed by atoms with Gasteiger partial charge in [-0.25, -0.2) is 9.78 Å². The third kappa shape index (κ3) is 3.84. The SMILES string of the molecule is CCOC(=O)NC1CCC(Oc2cc(N)cc3nccnc23)CC1. The number of nitrogens with one attached hydrogen (secondary N) is 1. The van der Waals surface area contributed by atoms with E-state index in [1.54, 1.807) is 31.5 Å². The number of carbonyl (C=O) groups excluding carboxylic acids is 1. The highest BCUT2D eigenvalue weighted by Gasteiger charge is 2.24. The zero-order chi connectivity index (χ0) is 16.9. The number of alkyl carbamates (subject to hydrolysis) is 1. The third-order valence-corrected chi connectivity index (χ3v) is 4.13. The lowest BCUT2D eigenvalue weighted by Gasteiger charge is -2.29. The van der Waals surface area contributed by atoms with Crippen LogP contribution in [0.5, 0.6) is 5.75 Å². The van der Waals surface area contributed by atoms with Crippen molar-refractivity contribution in [3.8, 4) is 5.75 Å². The molecule has 7 heteroatoms. The van der Waals surface area contributed by atoms with E-state index >= 15 is 0 Å². The number of carbonyl (C=O) groups is 1. The molecule has 1 saturated carbocycles. The predicted molar refractivity (Wildman–Crippen MR) is 90.8 cm³/mol. The molecular formula is C17H22N4O3. The Bertz CT molecular complexity index is 714. The molecule has 1 amide bonds. The molecule has 0 radical (unpaired) electrons. The molecule has 1 aliphatic rings. The molecule has 0 unspecified atom stereocenters. The summed E-state index contributed by atoms with van der Waals surface area (Å²) in [6, 6.07) is 3.72. The van der Waals surface area contributed by atoms with Crippen LogP contribution < -0.4 is 15.8 Å². The number of nitrogens with two attached hydrogens (primary N) is 1. The van der Waals surface area contributed by atoms with Gasteiger partial charge in [0.2, 0.25) is 0 Å². The summed E-state index contributed by atoms with van der Waals surface area (Å²) in [5.41, 5.74) is 7.98. The molecule has 0 bridgehead atoms. The van der Waals surface area contributed by atoms with Crippen molar-refractivity contribution in [2.75, 3.05) is 12.3 Å². The van der Waals surface area contributed by atoms with Crippen LogP contribution in [0, 0.1) is 0 Å². The largest absolute Gasteiger partial charge is 0.488 e. The number of ether oxygens (including phenoxy) is 2. The van der Waals surface area contributed by atoms with E-state index in [9.17, 15) is 4.79 Å². The van der Waals surface area contributed by atoms with Crippen LogP contribution in [0.2, 0.25) is 0 Å². The van der Waals surface area contributed by atoms with Crippen molar-refractivity contribution in [2.24, 2.45) is 0 Å². The summed E-state index contributed by atoms with van der Waals surface area (Å²) in [5, 5.41) is 2.88. The second-order valence-corrected chi connectivity index (χ2v) is 5.90. The number of nitrogen functional groups attached to an aromatic ring is 1. The number of hydrogen-bond acceptors (Lipinski definition) is 6. The number of benzene rings is 1. The van der Waals surface area contributed by atoms with Crippen LogP contribution in [0.3, 0.4) is 0 Å². The minimum atomic E-state index is -0.348. The van der Waals surface area contributed by atoms with Crippen LogP contribution in [-0.4, -0.2) is 34.8 Å². The average molecular weight is 330 g/mol. The van der Waals surface area contributed by atoms with Crippen molar-refractivity contribution in [2.45, 2.75) is 44.8 Å². The first-order valence-corrected chi connectivity index (χ1v) is 8.26. The molecule has 1 aromatic heterocycles. The van der Waals surface area contributed by atoms with Crippen molar-refractivity contribution in [3.63, 3.8) is 0 Å². The summed E-state index contributed by atoms with van der Waals surface area (Å²) in [7, 11) is 0. The molecule has 0 aliphatic heterocycles. The highest BCUT2D eigenvalue weighted by molar-refractivity contribution is 5.84. The molecule has 7 nitrogen and oxygen atoms in total. The van der Waals surface area contributed by atoms with Crippen LogP contribution >= 0.6 is 0 Å². The molecule has 0 saturated heterocycles. The molecule has 1 aliphatic carbocycles. The second-order valence-electron chi connectivity index (χ2n) is 5.90. The molecule has 3 rings (SSSR count).